The van der Waals surface area contributed by atoms with E-state index < -0.39 is 0 Å². The second kappa shape index (κ2) is 5.32. The van der Waals surface area contributed by atoms with Crippen LogP contribution in [0.4, 0.5) is 11.4 Å². The topological polar surface area (TPSA) is 29.3 Å². The van der Waals surface area contributed by atoms with Gasteiger partial charge in [-0.25, -0.2) is 0 Å². The maximum absolute atomic E-state index is 6.18. The van der Waals surface area contributed by atoms with Gasteiger partial charge < -0.3 is 10.6 Å². The fourth-order valence-electron chi connectivity index (χ4n) is 2.02. The molecule has 0 atom stereocenters. The van der Waals surface area contributed by atoms with E-state index in [1.807, 2.05) is 50.4 Å². The maximum Gasteiger partial charge on any atom is 0.0455 e. The Kier molecular flexibility index (Phi) is 3.78. The molecule has 18 heavy (non-hydrogen) atoms. The highest BCUT2D eigenvalue weighted by Gasteiger charge is 2.08. The average molecular weight is 261 g/mol. The number of nitrogens with two attached hydrogens (primary N) is 1. The number of nitrogen functional groups attached to an aromatic ring is 1. The van der Waals surface area contributed by atoms with Crippen LogP contribution in [0.1, 0.15) is 11.1 Å². The second-order valence-corrected chi connectivity index (χ2v) is 4.85. The van der Waals surface area contributed by atoms with Crippen LogP contribution < -0.4 is 10.6 Å². The molecule has 94 valence electrons. The van der Waals surface area contributed by atoms with E-state index >= 15 is 0 Å². The summed E-state index contributed by atoms with van der Waals surface area (Å²) in [6.45, 7) is 2.80. The molecule has 3 heteroatoms. The van der Waals surface area contributed by atoms with Crippen LogP contribution in [0.3, 0.4) is 0 Å². The first-order valence-corrected chi connectivity index (χ1v) is 6.27. The Hall–Kier alpha value is -1.67. The smallest absolute Gasteiger partial charge is 0.0455 e. The van der Waals surface area contributed by atoms with Crippen molar-refractivity contribution in [2.24, 2.45) is 0 Å². The van der Waals surface area contributed by atoms with Crippen molar-refractivity contribution in [2.75, 3.05) is 17.7 Å². The molecule has 2 N–H and O–H groups in total. The van der Waals surface area contributed by atoms with Crippen LogP contribution in [0.5, 0.6) is 0 Å². The average Bonchev–Trinajstić information content (AvgIpc) is 2.35. The van der Waals surface area contributed by atoms with E-state index in [0.29, 0.717) is 0 Å². The molecule has 0 amide bonds. The standard InChI is InChI=1S/C15H17ClN2/c1-11-14(17)8-5-9-15(11)18(2)10-12-6-3-4-7-13(12)16/h3-9H,10,17H2,1-2H3. The lowest BCUT2D eigenvalue weighted by molar-refractivity contribution is 0.918. The largest absolute Gasteiger partial charge is 0.398 e. The monoisotopic (exact) mass is 260 g/mol. The Bertz CT molecular complexity index is 552. The normalized spacial score (nSPS) is 10.4. The van der Waals surface area contributed by atoms with Gasteiger partial charge in [0.25, 0.3) is 0 Å². The van der Waals surface area contributed by atoms with Gasteiger partial charge >= 0.3 is 0 Å². The molecule has 0 aliphatic heterocycles. The SMILES string of the molecule is Cc1c(N)cccc1N(C)Cc1ccccc1Cl. The second-order valence-electron chi connectivity index (χ2n) is 4.44. The first kappa shape index (κ1) is 12.8. The Morgan fingerprint density at radius 1 is 1.11 bits per heavy atom. The predicted octanol–water partition coefficient (Wildman–Crippen LogP) is 3.87. The van der Waals surface area contributed by atoms with Crippen molar-refractivity contribution >= 4 is 23.0 Å². The van der Waals surface area contributed by atoms with Gasteiger partial charge in [0.05, 0.1) is 0 Å². The first-order valence-electron chi connectivity index (χ1n) is 5.89. The molecule has 2 aromatic carbocycles. The Balaban J connectivity index is 2.25. The Morgan fingerprint density at radius 3 is 2.56 bits per heavy atom. The summed E-state index contributed by atoms with van der Waals surface area (Å²) in [5.74, 6) is 0. The summed E-state index contributed by atoms with van der Waals surface area (Å²) in [5.41, 5.74) is 10.1. The van der Waals surface area contributed by atoms with Gasteiger partial charge in [-0.15, -0.1) is 0 Å². The van der Waals surface area contributed by atoms with E-state index in [1.54, 1.807) is 0 Å². The van der Waals surface area contributed by atoms with Gasteiger partial charge in [-0.05, 0) is 36.2 Å². The van der Waals surface area contributed by atoms with Crippen molar-refractivity contribution in [3.63, 3.8) is 0 Å². The first-order chi connectivity index (χ1) is 8.59. The van der Waals surface area contributed by atoms with E-state index in [1.165, 1.54) is 0 Å². The summed E-state index contributed by atoms with van der Waals surface area (Å²) >= 11 is 6.18. The van der Waals surface area contributed by atoms with Gasteiger partial charge in [-0.1, -0.05) is 35.9 Å². The van der Waals surface area contributed by atoms with E-state index in [2.05, 4.69) is 11.0 Å². The van der Waals surface area contributed by atoms with Crippen LogP contribution in [0, 0.1) is 6.92 Å². The summed E-state index contributed by atoms with van der Waals surface area (Å²) in [5, 5.41) is 0.797. The molecule has 0 unspecified atom stereocenters. The van der Waals surface area contributed by atoms with Gasteiger partial charge in [0, 0.05) is 30.0 Å². The third-order valence-electron chi connectivity index (χ3n) is 3.12. The van der Waals surface area contributed by atoms with Gasteiger partial charge in [-0.2, -0.15) is 0 Å². The molecule has 0 heterocycles. The number of hydrogen-bond donors (Lipinski definition) is 1. The lowest BCUT2D eigenvalue weighted by Crippen LogP contribution is -2.18. The Morgan fingerprint density at radius 2 is 1.83 bits per heavy atom. The molecule has 0 aliphatic carbocycles. The minimum Gasteiger partial charge on any atom is -0.398 e. The van der Waals surface area contributed by atoms with Crippen LogP contribution in [-0.4, -0.2) is 7.05 Å². The highest BCUT2D eigenvalue weighted by Crippen LogP contribution is 2.26. The maximum atomic E-state index is 6.18. The lowest BCUT2D eigenvalue weighted by Gasteiger charge is -2.22. The zero-order valence-corrected chi connectivity index (χ0v) is 11.4. The molecule has 0 saturated heterocycles. The van der Waals surface area contributed by atoms with Crippen molar-refractivity contribution in [1.82, 2.24) is 0 Å². The summed E-state index contributed by atoms with van der Waals surface area (Å²) in [6.07, 6.45) is 0. The molecule has 0 radical (unpaired) electrons. The molecule has 2 aromatic rings. The minimum absolute atomic E-state index is 0.768. The predicted molar refractivity (Wildman–Crippen MR) is 79.2 cm³/mol. The number of halogens is 1. The molecule has 2 nitrogen and oxygen atoms in total. The highest BCUT2D eigenvalue weighted by molar-refractivity contribution is 6.31. The molecule has 0 spiro atoms. The molecule has 0 saturated carbocycles. The van der Waals surface area contributed by atoms with Gasteiger partial charge in [0.1, 0.15) is 0 Å². The van der Waals surface area contributed by atoms with Crippen molar-refractivity contribution in [1.29, 1.82) is 0 Å². The quantitative estimate of drug-likeness (QED) is 0.849. The van der Waals surface area contributed by atoms with E-state index in [4.69, 9.17) is 17.3 Å². The molecule has 0 aromatic heterocycles. The number of rotatable bonds is 3. The Labute approximate surface area is 113 Å². The van der Waals surface area contributed by atoms with E-state index in [0.717, 1.165) is 34.1 Å². The summed E-state index contributed by atoms with van der Waals surface area (Å²) < 4.78 is 0. The number of benzene rings is 2. The van der Waals surface area contributed by atoms with Crippen molar-refractivity contribution in [3.8, 4) is 0 Å². The van der Waals surface area contributed by atoms with Crippen molar-refractivity contribution in [3.05, 3.63) is 58.6 Å². The minimum atomic E-state index is 0.768. The summed E-state index contributed by atoms with van der Waals surface area (Å²) in [7, 11) is 2.05. The third-order valence-corrected chi connectivity index (χ3v) is 3.49. The lowest BCUT2D eigenvalue weighted by atomic mass is 10.1. The van der Waals surface area contributed by atoms with Crippen molar-refractivity contribution in [2.45, 2.75) is 13.5 Å². The molecule has 2 rings (SSSR count). The summed E-state index contributed by atoms with van der Waals surface area (Å²) in [6, 6.07) is 13.9. The van der Waals surface area contributed by atoms with Gasteiger partial charge in [0.2, 0.25) is 0 Å². The fraction of sp³-hybridized carbons (Fsp3) is 0.200. The van der Waals surface area contributed by atoms with E-state index in [9.17, 15) is 0 Å². The fourth-order valence-corrected chi connectivity index (χ4v) is 2.22. The number of hydrogen-bond acceptors (Lipinski definition) is 2. The third kappa shape index (κ3) is 2.59. The molecular formula is C15H17ClN2. The van der Waals surface area contributed by atoms with Crippen LogP contribution in [-0.2, 0) is 6.54 Å². The zero-order valence-electron chi connectivity index (χ0n) is 10.7. The van der Waals surface area contributed by atoms with Crippen LogP contribution in [0.25, 0.3) is 0 Å². The van der Waals surface area contributed by atoms with Crippen LogP contribution in [0.2, 0.25) is 5.02 Å². The highest BCUT2D eigenvalue weighted by atomic mass is 35.5. The van der Waals surface area contributed by atoms with Crippen LogP contribution in [0.15, 0.2) is 42.5 Å². The van der Waals surface area contributed by atoms with Crippen LogP contribution >= 0.6 is 11.6 Å². The molecule has 0 bridgehead atoms. The van der Waals surface area contributed by atoms with Crippen molar-refractivity contribution < 1.29 is 0 Å². The molecular weight excluding hydrogens is 244 g/mol. The van der Waals surface area contributed by atoms with E-state index in [-0.39, 0.29) is 0 Å². The summed E-state index contributed by atoms with van der Waals surface area (Å²) in [4.78, 5) is 2.16. The number of anilines is 2. The molecule has 0 fully saturated rings. The number of nitrogens with zero attached hydrogens (tertiary/aromatic N) is 1. The van der Waals surface area contributed by atoms with Gasteiger partial charge in [0.15, 0.2) is 0 Å². The van der Waals surface area contributed by atoms with Gasteiger partial charge in [-0.3, -0.25) is 0 Å². The molecule has 0 aliphatic rings. The zero-order chi connectivity index (χ0) is 13.1.